The van der Waals surface area contributed by atoms with E-state index >= 15 is 0 Å². The first-order chi connectivity index (χ1) is 10.7. The molecule has 5 nitrogen and oxygen atoms in total. The Morgan fingerprint density at radius 1 is 1.32 bits per heavy atom. The zero-order chi connectivity index (χ0) is 15.9. The topological polar surface area (TPSA) is 47.4 Å². The van der Waals surface area contributed by atoms with Gasteiger partial charge in [-0.2, -0.15) is 4.98 Å². The largest absolute Gasteiger partial charge is 0.384 e. The van der Waals surface area contributed by atoms with Crippen LogP contribution in [0.4, 0.5) is 0 Å². The van der Waals surface area contributed by atoms with Crippen molar-refractivity contribution in [3.63, 3.8) is 0 Å². The maximum absolute atomic E-state index is 12.4. The fourth-order valence-electron chi connectivity index (χ4n) is 2.94. The molecule has 0 bridgehead atoms. The SMILES string of the molecule is CCN(CC)CCn1c2c(c(SCCOC)nc1=O)CCC2. The highest BCUT2D eigenvalue weighted by Crippen LogP contribution is 2.28. The Labute approximate surface area is 137 Å². The molecule has 1 aromatic heterocycles. The minimum absolute atomic E-state index is 0.0901. The molecular formula is C16H27N3O2S. The molecule has 0 N–H and O–H groups in total. The van der Waals surface area contributed by atoms with Crippen molar-refractivity contribution in [2.24, 2.45) is 0 Å². The summed E-state index contributed by atoms with van der Waals surface area (Å²) in [5.41, 5.74) is 2.42. The summed E-state index contributed by atoms with van der Waals surface area (Å²) >= 11 is 1.65. The zero-order valence-corrected chi connectivity index (χ0v) is 14.7. The second-order valence-corrected chi connectivity index (χ2v) is 6.58. The zero-order valence-electron chi connectivity index (χ0n) is 13.9. The number of fused-ring (bicyclic) bond motifs is 1. The maximum Gasteiger partial charge on any atom is 0.348 e. The predicted molar refractivity (Wildman–Crippen MR) is 90.9 cm³/mol. The molecule has 0 amide bonds. The van der Waals surface area contributed by atoms with Crippen molar-refractivity contribution in [3.8, 4) is 0 Å². The Kier molecular flexibility index (Phi) is 6.92. The lowest BCUT2D eigenvalue weighted by molar-refractivity contribution is 0.218. The molecule has 0 radical (unpaired) electrons. The number of nitrogens with zero attached hydrogens (tertiary/aromatic N) is 3. The van der Waals surface area contributed by atoms with Crippen LogP contribution in [0, 0.1) is 0 Å². The van der Waals surface area contributed by atoms with Crippen molar-refractivity contribution in [1.29, 1.82) is 0 Å². The van der Waals surface area contributed by atoms with Crippen molar-refractivity contribution in [2.45, 2.75) is 44.7 Å². The molecule has 1 aliphatic rings. The summed E-state index contributed by atoms with van der Waals surface area (Å²) in [6, 6.07) is 0. The maximum atomic E-state index is 12.4. The third kappa shape index (κ3) is 4.12. The minimum atomic E-state index is -0.0901. The van der Waals surface area contributed by atoms with E-state index in [1.54, 1.807) is 18.9 Å². The van der Waals surface area contributed by atoms with Crippen LogP contribution in [-0.4, -0.2) is 53.6 Å². The van der Waals surface area contributed by atoms with Crippen LogP contribution in [0.5, 0.6) is 0 Å². The van der Waals surface area contributed by atoms with E-state index in [4.69, 9.17) is 4.74 Å². The molecule has 2 rings (SSSR count). The van der Waals surface area contributed by atoms with Gasteiger partial charge in [-0.15, -0.1) is 11.8 Å². The van der Waals surface area contributed by atoms with Gasteiger partial charge < -0.3 is 9.64 Å². The lowest BCUT2D eigenvalue weighted by atomic mass is 10.2. The van der Waals surface area contributed by atoms with Gasteiger partial charge in [0.15, 0.2) is 0 Å². The van der Waals surface area contributed by atoms with E-state index in [9.17, 15) is 4.79 Å². The quantitative estimate of drug-likeness (QED) is 0.394. The summed E-state index contributed by atoms with van der Waals surface area (Å²) in [6.07, 6.45) is 3.18. The van der Waals surface area contributed by atoms with Crippen LogP contribution in [0.25, 0.3) is 0 Å². The van der Waals surface area contributed by atoms with E-state index in [1.807, 2.05) is 4.57 Å². The van der Waals surface area contributed by atoms with Crippen LogP contribution in [0.2, 0.25) is 0 Å². The first kappa shape index (κ1) is 17.5. The summed E-state index contributed by atoms with van der Waals surface area (Å²) in [7, 11) is 1.70. The molecule has 6 heteroatoms. The Morgan fingerprint density at radius 3 is 2.77 bits per heavy atom. The Bertz CT molecular complexity index is 541. The fraction of sp³-hybridized carbons (Fsp3) is 0.750. The molecule has 0 spiro atoms. The van der Waals surface area contributed by atoms with Gasteiger partial charge in [0.2, 0.25) is 0 Å². The molecule has 0 atom stereocenters. The van der Waals surface area contributed by atoms with Gasteiger partial charge in [-0.3, -0.25) is 4.57 Å². The molecule has 0 aliphatic heterocycles. The molecule has 0 saturated heterocycles. The third-order valence-corrected chi connectivity index (χ3v) is 5.24. The Balaban J connectivity index is 2.18. The molecule has 0 aromatic carbocycles. The van der Waals surface area contributed by atoms with E-state index in [0.29, 0.717) is 6.61 Å². The smallest absolute Gasteiger partial charge is 0.348 e. The number of rotatable bonds is 9. The molecular weight excluding hydrogens is 298 g/mol. The van der Waals surface area contributed by atoms with Gasteiger partial charge in [0.1, 0.15) is 5.03 Å². The van der Waals surface area contributed by atoms with Crippen molar-refractivity contribution < 1.29 is 4.74 Å². The van der Waals surface area contributed by atoms with E-state index in [0.717, 1.165) is 56.2 Å². The van der Waals surface area contributed by atoms with Crippen LogP contribution in [0.3, 0.4) is 0 Å². The predicted octanol–water partition coefficient (Wildman–Crippen LogP) is 1.81. The van der Waals surface area contributed by atoms with Gasteiger partial charge >= 0.3 is 5.69 Å². The lowest BCUT2D eigenvalue weighted by Gasteiger charge is -2.20. The first-order valence-electron chi connectivity index (χ1n) is 8.17. The molecule has 1 aliphatic carbocycles. The summed E-state index contributed by atoms with van der Waals surface area (Å²) in [4.78, 5) is 19.1. The van der Waals surface area contributed by atoms with E-state index < -0.39 is 0 Å². The van der Waals surface area contributed by atoms with E-state index in [1.165, 1.54) is 11.3 Å². The van der Waals surface area contributed by atoms with Crippen molar-refractivity contribution in [3.05, 3.63) is 21.7 Å². The first-order valence-corrected chi connectivity index (χ1v) is 9.16. The normalized spacial score (nSPS) is 13.8. The van der Waals surface area contributed by atoms with Crippen LogP contribution in [0.15, 0.2) is 9.82 Å². The molecule has 0 fully saturated rings. The number of hydrogen-bond donors (Lipinski definition) is 0. The summed E-state index contributed by atoms with van der Waals surface area (Å²) in [5, 5.41) is 0.925. The van der Waals surface area contributed by atoms with Gasteiger partial charge in [0.25, 0.3) is 0 Å². The van der Waals surface area contributed by atoms with Crippen molar-refractivity contribution in [2.75, 3.05) is 39.1 Å². The number of likely N-dealkylation sites (N-methyl/N-ethyl adjacent to an activating group) is 1. The number of aromatic nitrogens is 2. The number of thioether (sulfide) groups is 1. The Hall–Kier alpha value is -0.850. The van der Waals surface area contributed by atoms with Crippen molar-refractivity contribution in [1.82, 2.24) is 14.5 Å². The van der Waals surface area contributed by atoms with Gasteiger partial charge in [0.05, 0.1) is 6.61 Å². The molecule has 124 valence electrons. The van der Waals surface area contributed by atoms with Gasteiger partial charge in [-0.05, 0) is 32.4 Å². The fourth-order valence-corrected chi connectivity index (χ4v) is 3.92. The summed E-state index contributed by atoms with van der Waals surface area (Å²) < 4.78 is 6.99. The Morgan fingerprint density at radius 2 is 2.09 bits per heavy atom. The highest BCUT2D eigenvalue weighted by molar-refractivity contribution is 7.99. The van der Waals surface area contributed by atoms with E-state index in [2.05, 4.69) is 23.7 Å². The number of methoxy groups -OCH3 is 1. The lowest BCUT2D eigenvalue weighted by Crippen LogP contribution is -2.34. The second kappa shape index (κ2) is 8.70. The standard InChI is InChI=1S/C16H27N3O2S/c1-4-18(5-2)9-10-19-14-8-6-7-13(14)15(17-16(19)20)22-12-11-21-3/h4-12H2,1-3H3. The summed E-state index contributed by atoms with van der Waals surface area (Å²) in [5.74, 6) is 0.846. The highest BCUT2D eigenvalue weighted by atomic mass is 32.2. The number of ether oxygens (including phenoxy) is 1. The van der Waals surface area contributed by atoms with Crippen LogP contribution in [-0.2, 0) is 24.1 Å². The van der Waals surface area contributed by atoms with Gasteiger partial charge in [-0.25, -0.2) is 4.79 Å². The van der Waals surface area contributed by atoms with E-state index in [-0.39, 0.29) is 5.69 Å². The monoisotopic (exact) mass is 325 g/mol. The molecule has 0 unspecified atom stereocenters. The average Bonchev–Trinajstić information content (AvgIpc) is 3.00. The molecule has 1 aromatic rings. The van der Waals surface area contributed by atoms with Crippen molar-refractivity contribution >= 4 is 11.8 Å². The van der Waals surface area contributed by atoms with Crippen LogP contribution in [0.1, 0.15) is 31.5 Å². The van der Waals surface area contributed by atoms with Gasteiger partial charge in [0, 0.05) is 37.2 Å². The number of hydrogen-bond acceptors (Lipinski definition) is 5. The van der Waals surface area contributed by atoms with Crippen LogP contribution < -0.4 is 5.69 Å². The average molecular weight is 325 g/mol. The highest BCUT2D eigenvalue weighted by Gasteiger charge is 2.21. The van der Waals surface area contributed by atoms with Gasteiger partial charge in [-0.1, -0.05) is 13.8 Å². The molecule has 1 heterocycles. The molecule has 0 saturated carbocycles. The summed E-state index contributed by atoms with van der Waals surface area (Å²) in [6.45, 7) is 8.70. The second-order valence-electron chi connectivity index (χ2n) is 5.50. The van der Waals surface area contributed by atoms with Crippen LogP contribution >= 0.6 is 11.8 Å². The molecule has 22 heavy (non-hydrogen) atoms. The third-order valence-electron chi connectivity index (χ3n) is 4.26. The minimum Gasteiger partial charge on any atom is -0.384 e.